The van der Waals surface area contributed by atoms with Crippen molar-refractivity contribution in [1.82, 2.24) is 5.43 Å². The zero-order chi connectivity index (χ0) is 20.3. The van der Waals surface area contributed by atoms with Crippen LogP contribution in [0.25, 0.3) is 6.08 Å². The molecule has 29 heavy (non-hydrogen) atoms. The molecule has 0 aliphatic rings. The van der Waals surface area contributed by atoms with Gasteiger partial charge < -0.3 is 9.47 Å². The van der Waals surface area contributed by atoms with E-state index in [9.17, 15) is 4.79 Å². The molecule has 0 aliphatic heterocycles. The first-order valence-electron chi connectivity index (χ1n) is 9.16. The first kappa shape index (κ1) is 19.9. The van der Waals surface area contributed by atoms with E-state index in [0.29, 0.717) is 12.2 Å². The van der Waals surface area contributed by atoms with Crippen LogP contribution in [0.15, 0.2) is 90.0 Å². The van der Waals surface area contributed by atoms with Crippen LogP contribution in [-0.2, 0) is 6.61 Å². The first-order chi connectivity index (χ1) is 14.3. The lowest BCUT2D eigenvalue weighted by Crippen LogP contribution is -2.17. The number of para-hydroxylation sites is 2. The van der Waals surface area contributed by atoms with Gasteiger partial charge in [-0.05, 0) is 48.0 Å². The summed E-state index contributed by atoms with van der Waals surface area (Å²) in [7, 11) is 1.63. The van der Waals surface area contributed by atoms with Gasteiger partial charge in [-0.1, -0.05) is 48.5 Å². The van der Waals surface area contributed by atoms with Gasteiger partial charge >= 0.3 is 0 Å². The van der Waals surface area contributed by atoms with Crippen LogP contribution in [0.2, 0.25) is 0 Å². The summed E-state index contributed by atoms with van der Waals surface area (Å²) in [5, 5.41) is 3.94. The Morgan fingerprint density at radius 1 is 0.966 bits per heavy atom. The highest BCUT2D eigenvalue weighted by molar-refractivity contribution is 5.94. The average Bonchev–Trinajstić information content (AvgIpc) is 2.78. The van der Waals surface area contributed by atoms with Crippen molar-refractivity contribution in [2.45, 2.75) is 6.61 Å². The Kier molecular flexibility index (Phi) is 7.18. The largest absolute Gasteiger partial charge is 0.496 e. The Bertz CT molecular complexity index is 981. The number of amides is 1. The van der Waals surface area contributed by atoms with Crippen molar-refractivity contribution in [3.05, 3.63) is 102 Å². The van der Waals surface area contributed by atoms with Crippen LogP contribution >= 0.6 is 0 Å². The first-order valence-corrected chi connectivity index (χ1v) is 9.16. The summed E-state index contributed by atoms with van der Waals surface area (Å²) in [6.45, 7) is 0.442. The molecular weight excluding hydrogens is 364 g/mol. The summed E-state index contributed by atoms with van der Waals surface area (Å²) in [4.78, 5) is 12.2. The predicted octanol–water partition coefficient (Wildman–Crippen LogP) is 4.70. The quantitative estimate of drug-likeness (QED) is 0.451. The summed E-state index contributed by atoms with van der Waals surface area (Å²) in [5.74, 6) is 1.31. The fraction of sp³-hybridized carbons (Fsp3) is 0.0833. The molecule has 0 heterocycles. The van der Waals surface area contributed by atoms with Gasteiger partial charge in [-0.2, -0.15) is 5.10 Å². The maximum atomic E-state index is 12.2. The van der Waals surface area contributed by atoms with Crippen molar-refractivity contribution in [3.8, 4) is 11.5 Å². The zero-order valence-corrected chi connectivity index (χ0v) is 16.1. The van der Waals surface area contributed by atoms with Crippen molar-refractivity contribution in [1.29, 1.82) is 0 Å². The van der Waals surface area contributed by atoms with Crippen LogP contribution in [0, 0.1) is 0 Å². The number of hydrogen-bond donors (Lipinski definition) is 1. The molecule has 3 aromatic rings. The summed E-state index contributed by atoms with van der Waals surface area (Å²) < 4.78 is 11.0. The number of nitrogens with one attached hydrogen (secondary N) is 1. The van der Waals surface area contributed by atoms with Gasteiger partial charge in [0.15, 0.2) is 0 Å². The van der Waals surface area contributed by atoms with Crippen molar-refractivity contribution in [3.63, 3.8) is 0 Å². The fourth-order valence-electron chi connectivity index (χ4n) is 2.59. The van der Waals surface area contributed by atoms with Gasteiger partial charge in [-0.3, -0.25) is 4.79 Å². The van der Waals surface area contributed by atoms with Crippen molar-refractivity contribution < 1.29 is 14.3 Å². The summed E-state index contributed by atoms with van der Waals surface area (Å²) in [6.07, 6.45) is 5.12. The lowest BCUT2D eigenvalue weighted by Gasteiger charge is -2.06. The second kappa shape index (κ2) is 10.5. The molecule has 3 aromatic carbocycles. The van der Waals surface area contributed by atoms with Crippen LogP contribution in [0.5, 0.6) is 11.5 Å². The smallest absolute Gasteiger partial charge is 0.271 e. The van der Waals surface area contributed by atoms with E-state index in [1.807, 2.05) is 72.8 Å². The molecule has 0 fully saturated rings. The van der Waals surface area contributed by atoms with E-state index in [2.05, 4.69) is 10.5 Å². The number of hydrazone groups is 1. The normalized spacial score (nSPS) is 10.9. The maximum absolute atomic E-state index is 12.2. The van der Waals surface area contributed by atoms with Gasteiger partial charge in [-0.25, -0.2) is 5.43 Å². The summed E-state index contributed by atoms with van der Waals surface area (Å²) >= 11 is 0. The van der Waals surface area contributed by atoms with E-state index >= 15 is 0 Å². The molecule has 0 radical (unpaired) electrons. The lowest BCUT2D eigenvalue weighted by atomic mass is 10.1. The zero-order valence-electron chi connectivity index (χ0n) is 16.1. The number of nitrogens with zero attached hydrogens (tertiary/aromatic N) is 1. The number of ether oxygens (including phenoxy) is 2. The minimum atomic E-state index is -0.275. The Hall–Kier alpha value is -3.86. The highest BCUT2D eigenvalue weighted by Gasteiger charge is 2.04. The second-order valence-electron chi connectivity index (χ2n) is 6.12. The van der Waals surface area contributed by atoms with E-state index < -0.39 is 0 Å². The Morgan fingerprint density at radius 2 is 1.69 bits per heavy atom. The number of rotatable bonds is 8. The third-order valence-electron chi connectivity index (χ3n) is 4.11. The van der Waals surface area contributed by atoms with Crippen LogP contribution in [0.3, 0.4) is 0 Å². The van der Waals surface area contributed by atoms with Gasteiger partial charge in [-0.15, -0.1) is 0 Å². The van der Waals surface area contributed by atoms with Gasteiger partial charge in [0.05, 0.1) is 7.11 Å². The standard InChI is InChI=1S/C24H22N2O3/c1-28-23-12-6-5-8-20(23)9-7-17-25-26-24(27)21-15-13-19(14-16-21)18-29-22-10-3-2-4-11-22/h2-17H,18H2,1H3,(H,26,27)/b9-7+,25-17-. The molecule has 0 atom stereocenters. The van der Waals surface area contributed by atoms with Crippen LogP contribution < -0.4 is 14.9 Å². The van der Waals surface area contributed by atoms with E-state index in [-0.39, 0.29) is 5.91 Å². The van der Waals surface area contributed by atoms with Crippen molar-refractivity contribution in [2.24, 2.45) is 5.10 Å². The van der Waals surface area contributed by atoms with E-state index in [0.717, 1.165) is 22.6 Å². The highest BCUT2D eigenvalue weighted by atomic mass is 16.5. The maximum Gasteiger partial charge on any atom is 0.271 e. The summed E-state index contributed by atoms with van der Waals surface area (Å²) in [5.41, 5.74) is 4.95. The van der Waals surface area contributed by atoms with Crippen LogP contribution in [0.1, 0.15) is 21.5 Å². The molecule has 0 unspecified atom stereocenters. The number of methoxy groups -OCH3 is 1. The number of benzene rings is 3. The lowest BCUT2D eigenvalue weighted by molar-refractivity contribution is 0.0955. The number of allylic oxidation sites excluding steroid dienone is 1. The molecule has 146 valence electrons. The molecule has 5 nitrogen and oxygen atoms in total. The Morgan fingerprint density at radius 3 is 2.45 bits per heavy atom. The third-order valence-corrected chi connectivity index (χ3v) is 4.11. The highest BCUT2D eigenvalue weighted by Crippen LogP contribution is 2.18. The summed E-state index contributed by atoms with van der Waals surface area (Å²) in [6, 6.07) is 24.5. The molecule has 0 saturated carbocycles. The van der Waals surface area contributed by atoms with Crippen LogP contribution in [-0.4, -0.2) is 19.2 Å². The van der Waals surface area contributed by atoms with Gasteiger partial charge in [0, 0.05) is 17.3 Å². The van der Waals surface area contributed by atoms with Crippen molar-refractivity contribution >= 4 is 18.2 Å². The van der Waals surface area contributed by atoms with Gasteiger partial charge in [0.25, 0.3) is 5.91 Å². The van der Waals surface area contributed by atoms with E-state index in [1.54, 1.807) is 25.3 Å². The van der Waals surface area contributed by atoms with Crippen LogP contribution in [0.4, 0.5) is 0 Å². The fourth-order valence-corrected chi connectivity index (χ4v) is 2.59. The minimum Gasteiger partial charge on any atom is -0.496 e. The van der Waals surface area contributed by atoms with E-state index in [4.69, 9.17) is 9.47 Å². The van der Waals surface area contributed by atoms with E-state index in [1.165, 1.54) is 6.21 Å². The third kappa shape index (κ3) is 6.07. The topological polar surface area (TPSA) is 59.9 Å². The molecular formula is C24H22N2O3. The monoisotopic (exact) mass is 386 g/mol. The van der Waals surface area contributed by atoms with Gasteiger partial charge in [0.1, 0.15) is 18.1 Å². The molecule has 0 spiro atoms. The Balaban J connectivity index is 1.49. The molecule has 5 heteroatoms. The van der Waals surface area contributed by atoms with Crippen molar-refractivity contribution in [2.75, 3.05) is 7.11 Å². The van der Waals surface area contributed by atoms with Gasteiger partial charge in [0.2, 0.25) is 0 Å². The number of carbonyl (C=O) groups excluding carboxylic acids is 1. The number of carbonyl (C=O) groups is 1. The Labute approximate surface area is 170 Å². The number of hydrogen-bond acceptors (Lipinski definition) is 4. The molecule has 1 N–H and O–H groups in total. The molecule has 0 saturated heterocycles. The molecule has 0 aliphatic carbocycles. The molecule has 0 bridgehead atoms. The molecule has 3 rings (SSSR count). The molecule has 0 aromatic heterocycles. The SMILES string of the molecule is COc1ccccc1/C=C/C=N\NC(=O)c1ccc(COc2ccccc2)cc1. The minimum absolute atomic E-state index is 0.275. The predicted molar refractivity (Wildman–Crippen MR) is 115 cm³/mol. The molecule has 1 amide bonds. The average molecular weight is 386 g/mol. The second-order valence-corrected chi connectivity index (χ2v) is 6.12.